The Hall–Kier alpha value is -3.00. The molecule has 0 bridgehead atoms. The highest BCUT2D eigenvalue weighted by molar-refractivity contribution is 7.99. The number of para-hydroxylation sites is 2. The number of hydrogen-bond acceptors (Lipinski definition) is 6. The molecule has 3 aromatic rings. The molecule has 30 heavy (non-hydrogen) atoms. The molecule has 0 saturated carbocycles. The van der Waals surface area contributed by atoms with Crippen LogP contribution in [0.3, 0.4) is 0 Å². The van der Waals surface area contributed by atoms with Crippen LogP contribution in [0.15, 0.2) is 52.7 Å². The monoisotopic (exact) mass is 426 g/mol. The maximum absolute atomic E-state index is 12.1. The quantitative estimate of drug-likeness (QED) is 0.301. The molecule has 0 fully saturated rings. The van der Waals surface area contributed by atoms with Gasteiger partial charge in [-0.15, -0.1) is 0 Å². The van der Waals surface area contributed by atoms with E-state index in [1.54, 1.807) is 6.21 Å². The summed E-state index contributed by atoms with van der Waals surface area (Å²) in [6.07, 6.45) is 2.51. The molecule has 0 spiro atoms. The SMILES string of the molecule is CCCOc1ccc(/C=N\NC(=O)CSc2nc3ccccc3n2C)cc1OCC. The summed E-state index contributed by atoms with van der Waals surface area (Å²) in [4.78, 5) is 16.7. The molecule has 0 atom stereocenters. The van der Waals surface area contributed by atoms with Crippen molar-refractivity contribution in [3.63, 3.8) is 0 Å². The molecule has 158 valence electrons. The van der Waals surface area contributed by atoms with Gasteiger partial charge in [-0.3, -0.25) is 4.79 Å². The Bertz CT molecular complexity index is 1030. The molecule has 0 saturated heterocycles. The number of nitrogens with one attached hydrogen (secondary N) is 1. The molecular weight excluding hydrogens is 400 g/mol. The normalized spacial score (nSPS) is 11.2. The number of benzene rings is 2. The lowest BCUT2D eigenvalue weighted by Crippen LogP contribution is -2.19. The summed E-state index contributed by atoms with van der Waals surface area (Å²) in [6, 6.07) is 13.5. The zero-order chi connectivity index (χ0) is 21.3. The number of carbonyl (C=O) groups is 1. The van der Waals surface area contributed by atoms with Gasteiger partial charge in [-0.2, -0.15) is 5.10 Å². The molecule has 0 radical (unpaired) electrons. The standard InChI is InChI=1S/C22H26N4O3S/c1-4-12-29-19-11-10-16(13-20(19)28-5-2)14-23-25-21(27)15-30-22-24-17-8-6-7-9-18(17)26(22)3/h6-11,13-14H,4-5,12,15H2,1-3H3,(H,25,27)/b23-14-. The zero-order valence-corrected chi connectivity index (χ0v) is 18.2. The van der Waals surface area contributed by atoms with Crippen molar-refractivity contribution in [1.82, 2.24) is 15.0 Å². The Morgan fingerprint density at radius 1 is 1.20 bits per heavy atom. The number of fused-ring (bicyclic) bond motifs is 1. The number of thioether (sulfide) groups is 1. The Balaban J connectivity index is 1.55. The fourth-order valence-electron chi connectivity index (χ4n) is 2.80. The second-order valence-electron chi connectivity index (χ2n) is 6.51. The van der Waals surface area contributed by atoms with Gasteiger partial charge in [0, 0.05) is 7.05 Å². The van der Waals surface area contributed by atoms with E-state index < -0.39 is 0 Å². The molecule has 7 nitrogen and oxygen atoms in total. The molecule has 3 rings (SSSR count). The van der Waals surface area contributed by atoms with Crippen LogP contribution in [0.5, 0.6) is 11.5 Å². The first-order valence-electron chi connectivity index (χ1n) is 9.88. The van der Waals surface area contributed by atoms with Crippen molar-refractivity contribution >= 4 is 34.9 Å². The minimum Gasteiger partial charge on any atom is -0.490 e. The maximum atomic E-state index is 12.1. The summed E-state index contributed by atoms with van der Waals surface area (Å²) in [5.74, 6) is 1.40. The molecule has 1 aromatic heterocycles. The van der Waals surface area contributed by atoms with Gasteiger partial charge in [-0.05, 0) is 49.2 Å². The van der Waals surface area contributed by atoms with E-state index >= 15 is 0 Å². The molecule has 1 N–H and O–H groups in total. The summed E-state index contributed by atoms with van der Waals surface area (Å²) >= 11 is 1.38. The van der Waals surface area contributed by atoms with Gasteiger partial charge < -0.3 is 14.0 Å². The minimum atomic E-state index is -0.198. The van der Waals surface area contributed by atoms with Crippen molar-refractivity contribution < 1.29 is 14.3 Å². The second-order valence-corrected chi connectivity index (χ2v) is 7.45. The summed E-state index contributed by atoms with van der Waals surface area (Å²) < 4.78 is 13.3. The van der Waals surface area contributed by atoms with Crippen molar-refractivity contribution in [2.24, 2.45) is 12.1 Å². The van der Waals surface area contributed by atoms with E-state index in [1.807, 2.05) is 61.0 Å². The molecule has 0 aliphatic rings. The number of carbonyl (C=O) groups excluding carboxylic acids is 1. The largest absolute Gasteiger partial charge is 0.490 e. The van der Waals surface area contributed by atoms with Gasteiger partial charge in [0.2, 0.25) is 0 Å². The zero-order valence-electron chi connectivity index (χ0n) is 17.4. The lowest BCUT2D eigenvalue weighted by atomic mass is 10.2. The van der Waals surface area contributed by atoms with Crippen LogP contribution < -0.4 is 14.9 Å². The van der Waals surface area contributed by atoms with Crippen LogP contribution in [-0.4, -0.2) is 40.6 Å². The maximum Gasteiger partial charge on any atom is 0.250 e. The van der Waals surface area contributed by atoms with Crippen LogP contribution >= 0.6 is 11.8 Å². The number of ether oxygens (including phenoxy) is 2. The van der Waals surface area contributed by atoms with E-state index in [2.05, 4.69) is 22.4 Å². The number of aryl methyl sites for hydroxylation is 1. The highest BCUT2D eigenvalue weighted by Gasteiger charge is 2.10. The molecule has 0 aliphatic carbocycles. The lowest BCUT2D eigenvalue weighted by Gasteiger charge is -2.11. The number of amides is 1. The number of rotatable bonds is 10. The van der Waals surface area contributed by atoms with Gasteiger partial charge in [0.15, 0.2) is 16.7 Å². The van der Waals surface area contributed by atoms with Gasteiger partial charge in [0.05, 0.1) is 36.2 Å². The van der Waals surface area contributed by atoms with Crippen molar-refractivity contribution in [3.8, 4) is 11.5 Å². The third-order valence-electron chi connectivity index (χ3n) is 4.21. The first-order valence-corrected chi connectivity index (χ1v) is 10.9. The van der Waals surface area contributed by atoms with Crippen LogP contribution in [0.1, 0.15) is 25.8 Å². The highest BCUT2D eigenvalue weighted by Crippen LogP contribution is 2.28. The van der Waals surface area contributed by atoms with Crippen molar-refractivity contribution in [3.05, 3.63) is 48.0 Å². The Morgan fingerprint density at radius 3 is 2.80 bits per heavy atom. The smallest absolute Gasteiger partial charge is 0.250 e. The Morgan fingerprint density at radius 2 is 2.03 bits per heavy atom. The topological polar surface area (TPSA) is 77.7 Å². The van der Waals surface area contributed by atoms with E-state index in [-0.39, 0.29) is 11.7 Å². The van der Waals surface area contributed by atoms with Crippen LogP contribution in [0, 0.1) is 0 Å². The first-order chi connectivity index (χ1) is 14.6. The van der Waals surface area contributed by atoms with Crippen LogP contribution in [0.4, 0.5) is 0 Å². The van der Waals surface area contributed by atoms with Gasteiger partial charge in [-0.1, -0.05) is 30.8 Å². The summed E-state index contributed by atoms with van der Waals surface area (Å²) in [6.45, 7) is 5.15. The Kier molecular flexibility index (Phi) is 7.73. The average molecular weight is 427 g/mol. The third kappa shape index (κ3) is 5.54. The number of imidazole rings is 1. The fraction of sp³-hybridized carbons (Fsp3) is 0.318. The molecule has 8 heteroatoms. The molecule has 0 unspecified atom stereocenters. The van der Waals surface area contributed by atoms with E-state index in [0.29, 0.717) is 24.7 Å². The summed E-state index contributed by atoms with van der Waals surface area (Å²) in [5.41, 5.74) is 5.32. The molecule has 1 amide bonds. The Labute approximate surface area is 180 Å². The summed E-state index contributed by atoms with van der Waals surface area (Å²) in [7, 11) is 1.94. The lowest BCUT2D eigenvalue weighted by molar-refractivity contribution is -0.118. The average Bonchev–Trinajstić information content (AvgIpc) is 3.08. The fourth-order valence-corrected chi connectivity index (χ4v) is 3.58. The van der Waals surface area contributed by atoms with E-state index in [9.17, 15) is 4.79 Å². The predicted octanol–water partition coefficient (Wildman–Crippen LogP) is 4.00. The molecule has 1 heterocycles. The van der Waals surface area contributed by atoms with Crippen molar-refractivity contribution in [2.75, 3.05) is 19.0 Å². The highest BCUT2D eigenvalue weighted by atomic mass is 32.2. The van der Waals surface area contributed by atoms with Gasteiger partial charge in [-0.25, -0.2) is 10.4 Å². The van der Waals surface area contributed by atoms with E-state index in [4.69, 9.17) is 9.47 Å². The number of hydrogen-bond donors (Lipinski definition) is 1. The van der Waals surface area contributed by atoms with Gasteiger partial charge in [0.1, 0.15) is 0 Å². The second kappa shape index (κ2) is 10.7. The van der Waals surface area contributed by atoms with Crippen molar-refractivity contribution in [1.29, 1.82) is 0 Å². The third-order valence-corrected chi connectivity index (χ3v) is 5.24. The first kappa shape index (κ1) is 21.7. The van der Waals surface area contributed by atoms with E-state index in [0.717, 1.165) is 28.2 Å². The van der Waals surface area contributed by atoms with Crippen molar-refractivity contribution in [2.45, 2.75) is 25.4 Å². The number of aromatic nitrogens is 2. The molecular formula is C22H26N4O3S. The van der Waals surface area contributed by atoms with Gasteiger partial charge in [0.25, 0.3) is 5.91 Å². The van der Waals surface area contributed by atoms with Crippen LogP contribution in [0.25, 0.3) is 11.0 Å². The molecule has 2 aromatic carbocycles. The van der Waals surface area contributed by atoms with Gasteiger partial charge >= 0.3 is 0 Å². The molecule has 0 aliphatic heterocycles. The summed E-state index contributed by atoms with van der Waals surface area (Å²) in [5, 5.41) is 4.84. The van der Waals surface area contributed by atoms with Crippen LogP contribution in [0.2, 0.25) is 0 Å². The van der Waals surface area contributed by atoms with E-state index in [1.165, 1.54) is 11.8 Å². The predicted molar refractivity (Wildman–Crippen MR) is 121 cm³/mol. The minimum absolute atomic E-state index is 0.198. The number of hydrazone groups is 1. The van der Waals surface area contributed by atoms with Crippen LogP contribution in [-0.2, 0) is 11.8 Å². The number of nitrogens with zero attached hydrogens (tertiary/aromatic N) is 3.